The highest BCUT2D eigenvalue weighted by Crippen LogP contribution is 2.35. The van der Waals surface area contributed by atoms with Gasteiger partial charge in [0.2, 0.25) is 10.0 Å². The van der Waals surface area contributed by atoms with Gasteiger partial charge >= 0.3 is 0 Å². The molecular weight excluding hydrogens is 288 g/mol. The highest BCUT2D eigenvalue weighted by molar-refractivity contribution is 7.89. The third-order valence-electron chi connectivity index (χ3n) is 4.04. The van der Waals surface area contributed by atoms with Crippen LogP contribution in [0.25, 0.3) is 0 Å². The van der Waals surface area contributed by atoms with Crippen molar-refractivity contribution in [1.29, 1.82) is 0 Å². The lowest BCUT2D eigenvalue weighted by atomic mass is 10.0. The van der Waals surface area contributed by atoms with Crippen molar-refractivity contribution in [2.24, 2.45) is 0 Å². The van der Waals surface area contributed by atoms with Gasteiger partial charge in [0.05, 0.1) is 6.54 Å². The predicted octanol–water partition coefficient (Wildman–Crippen LogP) is 2.65. The molecule has 5 nitrogen and oxygen atoms in total. The van der Waals surface area contributed by atoms with Gasteiger partial charge in [-0.25, -0.2) is 8.42 Å². The Balaban J connectivity index is 2.24. The van der Waals surface area contributed by atoms with Gasteiger partial charge < -0.3 is 9.73 Å². The Morgan fingerprint density at radius 2 is 2.14 bits per heavy atom. The molecule has 1 N–H and O–H groups in total. The SMILES string of the molecule is CCCNCc1cc(S(=O)(=O)N2CCCC2(C)C)c(C)o1. The number of nitrogens with zero attached hydrogens (tertiary/aromatic N) is 1. The van der Waals surface area contributed by atoms with E-state index in [4.69, 9.17) is 4.42 Å². The number of sulfonamides is 1. The van der Waals surface area contributed by atoms with E-state index in [-0.39, 0.29) is 5.54 Å². The van der Waals surface area contributed by atoms with Gasteiger partial charge in [-0.3, -0.25) is 0 Å². The minimum absolute atomic E-state index is 0.311. The van der Waals surface area contributed by atoms with Crippen molar-refractivity contribution in [1.82, 2.24) is 9.62 Å². The summed E-state index contributed by atoms with van der Waals surface area (Å²) in [7, 11) is -3.47. The molecule has 120 valence electrons. The first-order valence-corrected chi connectivity index (χ1v) is 9.06. The third-order valence-corrected chi connectivity index (χ3v) is 6.26. The number of aryl methyl sites for hydroxylation is 1. The molecule has 2 heterocycles. The summed E-state index contributed by atoms with van der Waals surface area (Å²) in [5, 5.41) is 3.23. The minimum atomic E-state index is -3.47. The monoisotopic (exact) mass is 314 g/mol. The lowest BCUT2D eigenvalue weighted by molar-refractivity contribution is 0.291. The fraction of sp³-hybridized carbons (Fsp3) is 0.733. The lowest BCUT2D eigenvalue weighted by Gasteiger charge is -2.30. The molecule has 1 fully saturated rings. The summed E-state index contributed by atoms with van der Waals surface area (Å²) < 4.78 is 32.9. The van der Waals surface area contributed by atoms with Crippen LogP contribution in [0.3, 0.4) is 0 Å². The number of hydrogen-bond acceptors (Lipinski definition) is 4. The summed E-state index contributed by atoms with van der Waals surface area (Å²) in [6.45, 7) is 9.82. The maximum absolute atomic E-state index is 12.9. The van der Waals surface area contributed by atoms with Gasteiger partial charge in [0.1, 0.15) is 16.4 Å². The Kier molecular flexibility index (Phi) is 4.80. The molecule has 0 unspecified atom stereocenters. The van der Waals surface area contributed by atoms with E-state index >= 15 is 0 Å². The second-order valence-corrected chi connectivity index (χ2v) is 8.13. The quantitative estimate of drug-likeness (QED) is 0.820. The third kappa shape index (κ3) is 3.33. The van der Waals surface area contributed by atoms with Gasteiger partial charge in [-0.15, -0.1) is 0 Å². The van der Waals surface area contributed by atoms with Crippen molar-refractivity contribution in [3.63, 3.8) is 0 Å². The Morgan fingerprint density at radius 3 is 2.71 bits per heavy atom. The van der Waals surface area contributed by atoms with E-state index in [0.29, 0.717) is 29.5 Å². The Morgan fingerprint density at radius 1 is 1.43 bits per heavy atom. The average molecular weight is 314 g/mol. The molecule has 6 heteroatoms. The van der Waals surface area contributed by atoms with E-state index in [1.54, 1.807) is 17.3 Å². The maximum Gasteiger partial charge on any atom is 0.247 e. The summed E-state index contributed by atoms with van der Waals surface area (Å²) in [6.07, 6.45) is 2.84. The number of furan rings is 1. The van der Waals surface area contributed by atoms with E-state index in [0.717, 1.165) is 25.8 Å². The fourth-order valence-electron chi connectivity index (χ4n) is 2.90. The average Bonchev–Trinajstić information content (AvgIpc) is 2.93. The number of nitrogens with one attached hydrogen (secondary N) is 1. The number of rotatable bonds is 6. The topological polar surface area (TPSA) is 62.6 Å². The molecule has 0 bridgehead atoms. The predicted molar refractivity (Wildman–Crippen MR) is 82.6 cm³/mol. The van der Waals surface area contributed by atoms with Crippen molar-refractivity contribution in [3.8, 4) is 0 Å². The normalized spacial score (nSPS) is 19.2. The molecule has 0 atom stereocenters. The first-order chi connectivity index (χ1) is 9.79. The van der Waals surface area contributed by atoms with Crippen LogP contribution >= 0.6 is 0 Å². The summed E-state index contributed by atoms with van der Waals surface area (Å²) in [5.74, 6) is 1.16. The van der Waals surface area contributed by atoms with Gasteiger partial charge in [0.15, 0.2) is 0 Å². The van der Waals surface area contributed by atoms with Crippen molar-refractivity contribution in [2.75, 3.05) is 13.1 Å². The van der Waals surface area contributed by atoms with Crippen LogP contribution < -0.4 is 5.32 Å². The Hall–Kier alpha value is -0.850. The molecule has 1 aromatic heterocycles. The van der Waals surface area contributed by atoms with Gasteiger partial charge in [0, 0.05) is 18.2 Å². The van der Waals surface area contributed by atoms with Gasteiger partial charge in [-0.2, -0.15) is 4.31 Å². The van der Waals surface area contributed by atoms with Gasteiger partial charge in [0.25, 0.3) is 0 Å². The second-order valence-electron chi connectivity index (χ2n) is 6.30. The maximum atomic E-state index is 12.9. The molecule has 0 radical (unpaired) electrons. The summed E-state index contributed by atoms with van der Waals surface area (Å²) in [6, 6.07) is 1.67. The largest absolute Gasteiger partial charge is 0.464 e. The van der Waals surface area contributed by atoms with E-state index in [1.807, 2.05) is 13.8 Å². The molecule has 1 aromatic rings. The van der Waals surface area contributed by atoms with Crippen LogP contribution in [0.2, 0.25) is 0 Å². The van der Waals surface area contributed by atoms with Crippen molar-refractivity contribution >= 4 is 10.0 Å². The molecule has 0 saturated carbocycles. The first kappa shape index (κ1) is 16.5. The highest BCUT2D eigenvalue weighted by Gasteiger charge is 2.42. The van der Waals surface area contributed by atoms with E-state index < -0.39 is 10.0 Å². The van der Waals surface area contributed by atoms with E-state index in [9.17, 15) is 8.42 Å². The summed E-state index contributed by atoms with van der Waals surface area (Å²) in [4.78, 5) is 0.311. The van der Waals surface area contributed by atoms with Gasteiger partial charge in [-0.1, -0.05) is 6.92 Å². The summed E-state index contributed by atoms with van der Waals surface area (Å²) >= 11 is 0. The zero-order valence-corrected chi connectivity index (χ0v) is 14.2. The van der Waals surface area contributed by atoms with E-state index in [1.165, 1.54) is 0 Å². The molecule has 0 spiro atoms. The zero-order valence-electron chi connectivity index (χ0n) is 13.4. The Labute approximate surface area is 127 Å². The van der Waals surface area contributed by atoms with Crippen LogP contribution in [-0.4, -0.2) is 31.4 Å². The molecule has 2 rings (SSSR count). The molecule has 0 aliphatic carbocycles. The molecule has 1 saturated heterocycles. The molecule has 21 heavy (non-hydrogen) atoms. The molecule has 1 aliphatic heterocycles. The standard InChI is InChI=1S/C15H26N2O3S/c1-5-8-16-11-13-10-14(12(2)20-13)21(18,19)17-9-6-7-15(17,3)4/h10,16H,5-9,11H2,1-4H3. The lowest BCUT2D eigenvalue weighted by Crippen LogP contribution is -2.42. The van der Waals surface area contributed by atoms with Crippen LogP contribution in [0.5, 0.6) is 0 Å². The van der Waals surface area contributed by atoms with Crippen molar-refractivity contribution in [3.05, 3.63) is 17.6 Å². The van der Waals surface area contributed by atoms with Crippen LogP contribution in [-0.2, 0) is 16.6 Å². The molecule has 0 aromatic carbocycles. The zero-order chi connectivity index (χ0) is 15.7. The highest BCUT2D eigenvalue weighted by atomic mass is 32.2. The Bertz CT molecular complexity index is 590. The molecule has 0 amide bonds. The van der Waals surface area contributed by atoms with Crippen LogP contribution in [0, 0.1) is 6.92 Å². The van der Waals surface area contributed by atoms with Crippen molar-refractivity contribution < 1.29 is 12.8 Å². The molecule has 1 aliphatic rings. The minimum Gasteiger partial charge on any atom is -0.464 e. The second kappa shape index (κ2) is 6.10. The van der Waals surface area contributed by atoms with Crippen LogP contribution in [0.1, 0.15) is 51.6 Å². The van der Waals surface area contributed by atoms with Crippen LogP contribution in [0.15, 0.2) is 15.4 Å². The summed E-state index contributed by atoms with van der Waals surface area (Å²) in [5.41, 5.74) is -0.316. The van der Waals surface area contributed by atoms with Crippen molar-refractivity contribution in [2.45, 2.75) is 63.9 Å². The number of hydrogen-bond donors (Lipinski definition) is 1. The first-order valence-electron chi connectivity index (χ1n) is 7.62. The fourth-order valence-corrected chi connectivity index (χ4v) is 4.94. The molecular formula is C15H26N2O3S. The van der Waals surface area contributed by atoms with Gasteiger partial charge in [-0.05, 0) is 46.6 Å². The van der Waals surface area contributed by atoms with E-state index in [2.05, 4.69) is 12.2 Å². The van der Waals surface area contributed by atoms with Crippen LogP contribution in [0.4, 0.5) is 0 Å². The smallest absolute Gasteiger partial charge is 0.247 e.